The van der Waals surface area contributed by atoms with Gasteiger partial charge in [-0.25, -0.2) is 0 Å². The molecule has 0 rings (SSSR count). The molecule has 0 aliphatic carbocycles. The Morgan fingerprint density at radius 3 is 1.29 bits per heavy atom. The maximum absolute atomic E-state index is 11.5. The van der Waals surface area contributed by atoms with Gasteiger partial charge in [0.2, 0.25) is 11.8 Å². The Hall–Kier alpha value is -1.06. The zero-order chi connectivity index (χ0) is 13.7. The molecule has 0 aromatic rings. The summed E-state index contributed by atoms with van der Waals surface area (Å²) >= 11 is 0. The summed E-state index contributed by atoms with van der Waals surface area (Å²) in [6.45, 7) is 11.7. The molecule has 0 aromatic heterocycles. The number of nitrogens with one attached hydrogen (secondary N) is 2. The predicted octanol–water partition coefficient (Wildman–Crippen LogP) is 1.99. The number of carbonyl (C=O) groups excluding carboxylic acids is 2. The molecule has 0 fully saturated rings. The fourth-order valence-electron chi connectivity index (χ4n) is 1.37. The van der Waals surface area contributed by atoms with Gasteiger partial charge in [0.1, 0.15) is 0 Å². The van der Waals surface area contributed by atoms with Crippen LogP contribution in [0.2, 0.25) is 0 Å². The first-order chi connectivity index (χ1) is 7.49. The van der Waals surface area contributed by atoms with Crippen LogP contribution >= 0.6 is 0 Å². The minimum Gasteiger partial charge on any atom is -0.352 e. The maximum atomic E-state index is 11.5. The Labute approximate surface area is 105 Å². The third kappa shape index (κ3) is 11.2. The van der Waals surface area contributed by atoms with Gasteiger partial charge in [-0.2, -0.15) is 0 Å². The number of hydrogen-bond acceptors (Lipinski definition) is 2. The second-order valence-electron chi connectivity index (χ2n) is 6.45. The van der Waals surface area contributed by atoms with E-state index in [1.165, 1.54) is 0 Å². The van der Waals surface area contributed by atoms with E-state index >= 15 is 0 Å². The molecular formula is C13H26N2O2. The summed E-state index contributed by atoms with van der Waals surface area (Å²) in [5.41, 5.74) is -0.407. The first-order valence-electron chi connectivity index (χ1n) is 6.12. The van der Waals surface area contributed by atoms with Gasteiger partial charge < -0.3 is 10.6 Å². The quantitative estimate of drug-likeness (QED) is 0.792. The molecule has 0 saturated heterocycles. The second-order valence-corrected chi connectivity index (χ2v) is 6.45. The molecule has 0 saturated carbocycles. The number of rotatable bonds is 4. The van der Waals surface area contributed by atoms with Crippen molar-refractivity contribution in [2.75, 3.05) is 0 Å². The molecule has 0 spiro atoms. The lowest BCUT2D eigenvalue weighted by Crippen LogP contribution is -2.41. The molecule has 2 amide bonds. The molecule has 0 aromatic carbocycles. The van der Waals surface area contributed by atoms with Crippen LogP contribution in [0.25, 0.3) is 0 Å². The van der Waals surface area contributed by atoms with Crippen LogP contribution < -0.4 is 10.6 Å². The van der Waals surface area contributed by atoms with Crippen LogP contribution in [-0.2, 0) is 9.59 Å². The van der Waals surface area contributed by atoms with E-state index in [-0.39, 0.29) is 22.9 Å². The Bertz CT molecular complexity index is 244. The second kappa shape index (κ2) is 6.03. The summed E-state index contributed by atoms with van der Waals surface area (Å²) in [5, 5.41) is 5.74. The van der Waals surface area contributed by atoms with Crippen molar-refractivity contribution in [2.24, 2.45) is 0 Å². The molecule has 0 atom stereocenters. The highest BCUT2D eigenvalue weighted by atomic mass is 16.2. The minimum atomic E-state index is -0.204. The van der Waals surface area contributed by atoms with E-state index in [2.05, 4.69) is 10.6 Å². The number of hydrogen-bond donors (Lipinski definition) is 2. The van der Waals surface area contributed by atoms with Gasteiger partial charge in [-0.1, -0.05) is 0 Å². The molecular weight excluding hydrogens is 216 g/mol. The van der Waals surface area contributed by atoms with E-state index in [0.29, 0.717) is 19.3 Å². The topological polar surface area (TPSA) is 58.2 Å². The summed E-state index contributed by atoms with van der Waals surface area (Å²) in [6.07, 6.45) is 1.38. The van der Waals surface area contributed by atoms with Crippen LogP contribution in [0.5, 0.6) is 0 Å². The largest absolute Gasteiger partial charge is 0.352 e. The van der Waals surface area contributed by atoms with Crippen molar-refractivity contribution in [2.45, 2.75) is 71.9 Å². The number of carbonyl (C=O) groups is 2. The first kappa shape index (κ1) is 15.9. The standard InChI is InChI=1S/C13H26N2O2/c1-12(2,3)14-10(16)8-7-9-11(17)15-13(4,5)6/h7-9H2,1-6H3,(H,14,16)(H,15,17). The minimum absolute atomic E-state index is 0.000980. The van der Waals surface area contributed by atoms with Crippen molar-refractivity contribution in [3.05, 3.63) is 0 Å². The monoisotopic (exact) mass is 242 g/mol. The van der Waals surface area contributed by atoms with Crippen LogP contribution in [0.3, 0.4) is 0 Å². The molecule has 0 aliphatic heterocycles. The molecule has 0 unspecified atom stereocenters. The van der Waals surface area contributed by atoms with Gasteiger partial charge in [-0.15, -0.1) is 0 Å². The molecule has 17 heavy (non-hydrogen) atoms. The lowest BCUT2D eigenvalue weighted by molar-refractivity contribution is -0.123. The maximum Gasteiger partial charge on any atom is 0.220 e. The van der Waals surface area contributed by atoms with E-state index in [1.54, 1.807) is 0 Å². The summed E-state index contributed by atoms with van der Waals surface area (Å²) in [6, 6.07) is 0. The highest BCUT2D eigenvalue weighted by molar-refractivity contribution is 5.79. The molecule has 0 bridgehead atoms. The zero-order valence-electron chi connectivity index (χ0n) is 11.9. The van der Waals surface area contributed by atoms with Crippen LogP contribution in [0.1, 0.15) is 60.8 Å². The summed E-state index contributed by atoms with van der Waals surface area (Å²) in [4.78, 5) is 23.0. The molecule has 0 heterocycles. The van der Waals surface area contributed by atoms with Crippen molar-refractivity contribution < 1.29 is 9.59 Å². The van der Waals surface area contributed by atoms with Crippen molar-refractivity contribution in [1.82, 2.24) is 10.6 Å². The molecule has 100 valence electrons. The zero-order valence-corrected chi connectivity index (χ0v) is 11.9. The van der Waals surface area contributed by atoms with Crippen molar-refractivity contribution >= 4 is 11.8 Å². The highest BCUT2D eigenvalue weighted by Gasteiger charge is 2.15. The van der Waals surface area contributed by atoms with E-state index in [4.69, 9.17) is 0 Å². The van der Waals surface area contributed by atoms with Gasteiger partial charge in [-0.3, -0.25) is 9.59 Å². The fraction of sp³-hybridized carbons (Fsp3) is 0.846. The number of amides is 2. The molecule has 0 aliphatic rings. The SMILES string of the molecule is CC(C)(C)NC(=O)CCCC(=O)NC(C)(C)C. The average Bonchev–Trinajstić information content (AvgIpc) is 1.95. The Morgan fingerprint density at radius 2 is 1.06 bits per heavy atom. The van der Waals surface area contributed by atoms with E-state index < -0.39 is 0 Å². The van der Waals surface area contributed by atoms with E-state index in [0.717, 1.165) is 0 Å². The van der Waals surface area contributed by atoms with Crippen LogP contribution in [-0.4, -0.2) is 22.9 Å². The average molecular weight is 242 g/mol. The van der Waals surface area contributed by atoms with Crippen LogP contribution in [0.4, 0.5) is 0 Å². The highest BCUT2D eigenvalue weighted by Crippen LogP contribution is 2.04. The van der Waals surface area contributed by atoms with Crippen molar-refractivity contribution in [3.8, 4) is 0 Å². The van der Waals surface area contributed by atoms with Crippen LogP contribution in [0, 0.1) is 0 Å². The third-order valence-electron chi connectivity index (χ3n) is 1.84. The van der Waals surface area contributed by atoms with E-state index in [1.807, 2.05) is 41.5 Å². The van der Waals surface area contributed by atoms with Gasteiger partial charge in [-0.05, 0) is 48.0 Å². The Kier molecular flexibility index (Phi) is 5.66. The van der Waals surface area contributed by atoms with Gasteiger partial charge in [0.15, 0.2) is 0 Å². The molecule has 2 N–H and O–H groups in total. The van der Waals surface area contributed by atoms with Crippen LogP contribution in [0.15, 0.2) is 0 Å². The van der Waals surface area contributed by atoms with Crippen molar-refractivity contribution in [3.63, 3.8) is 0 Å². The van der Waals surface area contributed by atoms with Gasteiger partial charge in [0.05, 0.1) is 0 Å². The molecule has 4 nitrogen and oxygen atoms in total. The van der Waals surface area contributed by atoms with Gasteiger partial charge in [0.25, 0.3) is 0 Å². The lowest BCUT2D eigenvalue weighted by atomic mass is 10.1. The van der Waals surface area contributed by atoms with E-state index in [9.17, 15) is 9.59 Å². The summed E-state index contributed by atoms with van der Waals surface area (Å²) in [7, 11) is 0. The third-order valence-corrected chi connectivity index (χ3v) is 1.84. The fourth-order valence-corrected chi connectivity index (χ4v) is 1.37. The van der Waals surface area contributed by atoms with Crippen molar-refractivity contribution in [1.29, 1.82) is 0 Å². The molecule has 0 radical (unpaired) electrons. The lowest BCUT2D eigenvalue weighted by Gasteiger charge is -2.21. The Morgan fingerprint density at radius 1 is 0.765 bits per heavy atom. The summed E-state index contributed by atoms with van der Waals surface area (Å²) in [5.74, 6) is 0.00196. The summed E-state index contributed by atoms with van der Waals surface area (Å²) < 4.78 is 0. The normalized spacial score (nSPS) is 12.1. The first-order valence-corrected chi connectivity index (χ1v) is 6.12. The predicted molar refractivity (Wildman–Crippen MR) is 69.6 cm³/mol. The Balaban J connectivity index is 3.78. The van der Waals surface area contributed by atoms with Gasteiger partial charge in [0, 0.05) is 23.9 Å². The molecule has 4 heteroatoms. The van der Waals surface area contributed by atoms with Gasteiger partial charge >= 0.3 is 0 Å². The smallest absolute Gasteiger partial charge is 0.220 e.